The lowest BCUT2D eigenvalue weighted by Crippen LogP contribution is -2.12. The first-order valence-electron chi connectivity index (χ1n) is 4.59. The summed E-state index contributed by atoms with van der Waals surface area (Å²) >= 11 is 5.80. The summed E-state index contributed by atoms with van der Waals surface area (Å²) in [7, 11) is 1.54. The van der Waals surface area contributed by atoms with Crippen molar-refractivity contribution in [2.24, 2.45) is 5.92 Å². The molecule has 0 heterocycles. The molecule has 0 amide bonds. The molecule has 0 aliphatic heterocycles. The highest BCUT2D eigenvalue weighted by Crippen LogP contribution is 2.25. The van der Waals surface area contributed by atoms with Gasteiger partial charge in [0.05, 0.1) is 13.0 Å². The number of benzene rings is 1. The van der Waals surface area contributed by atoms with Crippen molar-refractivity contribution in [3.05, 3.63) is 28.8 Å². The van der Waals surface area contributed by atoms with Crippen molar-refractivity contribution in [2.45, 2.75) is 13.3 Å². The van der Waals surface area contributed by atoms with Gasteiger partial charge in [0.1, 0.15) is 5.75 Å². The Hall–Kier alpha value is -1.22. The number of carbonyl (C=O) groups is 1. The lowest BCUT2D eigenvalue weighted by molar-refractivity contribution is -0.141. The molecule has 0 saturated heterocycles. The van der Waals surface area contributed by atoms with E-state index in [1.165, 1.54) is 0 Å². The first kappa shape index (κ1) is 11.9. The van der Waals surface area contributed by atoms with Crippen LogP contribution in [0, 0.1) is 5.92 Å². The van der Waals surface area contributed by atoms with Crippen LogP contribution in [-0.2, 0) is 11.2 Å². The highest BCUT2D eigenvalue weighted by atomic mass is 35.5. The Morgan fingerprint density at radius 1 is 1.60 bits per heavy atom. The maximum atomic E-state index is 10.7. The highest BCUT2D eigenvalue weighted by molar-refractivity contribution is 6.30. The minimum atomic E-state index is -0.813. The lowest BCUT2D eigenvalue weighted by Gasteiger charge is -2.11. The van der Waals surface area contributed by atoms with Gasteiger partial charge >= 0.3 is 5.97 Å². The predicted octanol–water partition coefficient (Wildman–Crippen LogP) is 2.61. The molecule has 0 bridgehead atoms. The van der Waals surface area contributed by atoms with E-state index in [9.17, 15) is 4.79 Å². The van der Waals surface area contributed by atoms with Crippen molar-refractivity contribution in [3.63, 3.8) is 0 Å². The zero-order valence-corrected chi connectivity index (χ0v) is 9.41. The van der Waals surface area contributed by atoms with Gasteiger partial charge in [-0.25, -0.2) is 0 Å². The average molecular weight is 229 g/mol. The lowest BCUT2D eigenvalue weighted by atomic mass is 10.0. The van der Waals surface area contributed by atoms with E-state index in [1.807, 2.05) is 0 Å². The van der Waals surface area contributed by atoms with Crippen molar-refractivity contribution in [2.75, 3.05) is 7.11 Å². The van der Waals surface area contributed by atoms with E-state index in [-0.39, 0.29) is 0 Å². The van der Waals surface area contributed by atoms with Gasteiger partial charge in [0.2, 0.25) is 0 Å². The van der Waals surface area contributed by atoms with Crippen LogP contribution in [-0.4, -0.2) is 18.2 Å². The summed E-state index contributed by atoms with van der Waals surface area (Å²) in [5.41, 5.74) is 0.858. The van der Waals surface area contributed by atoms with Crippen LogP contribution in [0.25, 0.3) is 0 Å². The van der Waals surface area contributed by atoms with Gasteiger partial charge in [0.25, 0.3) is 0 Å². The number of hydrogen-bond donors (Lipinski definition) is 1. The fourth-order valence-corrected chi connectivity index (χ4v) is 1.47. The Morgan fingerprint density at radius 3 is 2.80 bits per heavy atom. The molecule has 0 aromatic heterocycles. The zero-order valence-electron chi connectivity index (χ0n) is 8.66. The average Bonchev–Trinajstić information content (AvgIpc) is 2.20. The molecule has 0 radical (unpaired) electrons. The van der Waals surface area contributed by atoms with Crippen molar-refractivity contribution < 1.29 is 14.6 Å². The SMILES string of the molecule is COc1cc(Cl)ccc1CC(C)C(=O)O. The van der Waals surface area contributed by atoms with Crippen molar-refractivity contribution in [3.8, 4) is 5.75 Å². The molecule has 0 aliphatic carbocycles. The molecule has 1 atom stereocenters. The van der Waals surface area contributed by atoms with Crippen LogP contribution in [0.2, 0.25) is 5.02 Å². The largest absolute Gasteiger partial charge is 0.496 e. The molecule has 1 unspecified atom stereocenters. The van der Waals surface area contributed by atoms with E-state index in [4.69, 9.17) is 21.4 Å². The van der Waals surface area contributed by atoms with E-state index >= 15 is 0 Å². The van der Waals surface area contributed by atoms with Crippen molar-refractivity contribution >= 4 is 17.6 Å². The molecule has 0 saturated carbocycles. The third kappa shape index (κ3) is 3.13. The van der Waals surface area contributed by atoms with Gasteiger partial charge in [-0.15, -0.1) is 0 Å². The summed E-state index contributed by atoms with van der Waals surface area (Å²) < 4.78 is 5.13. The van der Waals surface area contributed by atoms with Crippen LogP contribution >= 0.6 is 11.6 Å². The molecule has 1 rings (SSSR count). The first-order valence-corrected chi connectivity index (χ1v) is 4.97. The second kappa shape index (κ2) is 5.03. The summed E-state index contributed by atoms with van der Waals surface area (Å²) in [6, 6.07) is 5.21. The van der Waals surface area contributed by atoms with Gasteiger partial charge < -0.3 is 9.84 Å². The van der Waals surface area contributed by atoms with Gasteiger partial charge in [0, 0.05) is 5.02 Å². The number of rotatable bonds is 4. The Balaban J connectivity index is 2.89. The van der Waals surface area contributed by atoms with Crippen LogP contribution < -0.4 is 4.74 Å². The number of halogens is 1. The number of hydrogen-bond acceptors (Lipinski definition) is 2. The van der Waals surface area contributed by atoms with Crippen LogP contribution in [0.4, 0.5) is 0 Å². The number of carboxylic acids is 1. The molecular weight excluding hydrogens is 216 g/mol. The van der Waals surface area contributed by atoms with Crippen LogP contribution in [0.5, 0.6) is 5.75 Å². The van der Waals surface area contributed by atoms with Gasteiger partial charge in [-0.05, 0) is 24.1 Å². The van der Waals surface area contributed by atoms with E-state index in [0.29, 0.717) is 17.2 Å². The third-order valence-electron chi connectivity index (χ3n) is 2.20. The molecule has 1 aromatic carbocycles. The Kier molecular flexibility index (Phi) is 3.97. The molecule has 0 spiro atoms. The van der Waals surface area contributed by atoms with E-state index in [0.717, 1.165) is 5.56 Å². The van der Waals surface area contributed by atoms with Gasteiger partial charge in [0.15, 0.2) is 0 Å². The third-order valence-corrected chi connectivity index (χ3v) is 2.43. The summed E-state index contributed by atoms with van der Waals surface area (Å²) in [6.07, 6.45) is 0.440. The summed E-state index contributed by atoms with van der Waals surface area (Å²) in [5.74, 6) is -0.609. The molecule has 1 aromatic rings. The zero-order chi connectivity index (χ0) is 11.4. The van der Waals surface area contributed by atoms with Crippen LogP contribution in [0.3, 0.4) is 0 Å². The fourth-order valence-electron chi connectivity index (χ4n) is 1.30. The summed E-state index contributed by atoms with van der Waals surface area (Å²) in [5, 5.41) is 9.38. The minimum absolute atomic E-state index is 0.430. The Bertz CT molecular complexity index is 363. The Labute approximate surface area is 93.6 Å². The molecule has 15 heavy (non-hydrogen) atoms. The monoisotopic (exact) mass is 228 g/mol. The summed E-state index contributed by atoms with van der Waals surface area (Å²) in [4.78, 5) is 10.7. The predicted molar refractivity (Wildman–Crippen MR) is 58.5 cm³/mol. The van der Waals surface area contributed by atoms with Gasteiger partial charge in [-0.1, -0.05) is 24.6 Å². The topological polar surface area (TPSA) is 46.5 Å². The summed E-state index contributed by atoms with van der Waals surface area (Å²) in [6.45, 7) is 1.66. The molecule has 1 N–H and O–H groups in total. The number of ether oxygens (including phenoxy) is 1. The number of methoxy groups -OCH3 is 1. The maximum absolute atomic E-state index is 10.7. The molecule has 4 heteroatoms. The molecule has 0 fully saturated rings. The molecular formula is C11H13ClO3. The smallest absolute Gasteiger partial charge is 0.306 e. The Morgan fingerprint density at radius 2 is 2.27 bits per heavy atom. The van der Waals surface area contributed by atoms with Crippen LogP contribution in [0.1, 0.15) is 12.5 Å². The maximum Gasteiger partial charge on any atom is 0.306 e. The molecule has 82 valence electrons. The number of aliphatic carboxylic acids is 1. The first-order chi connectivity index (χ1) is 7.04. The second-order valence-electron chi connectivity index (χ2n) is 3.40. The standard InChI is InChI=1S/C11H13ClO3/c1-7(11(13)14)5-8-3-4-9(12)6-10(8)15-2/h3-4,6-7H,5H2,1-2H3,(H,13,14). The molecule has 3 nitrogen and oxygen atoms in total. The van der Waals surface area contributed by atoms with E-state index in [1.54, 1.807) is 32.2 Å². The fraction of sp³-hybridized carbons (Fsp3) is 0.364. The van der Waals surface area contributed by atoms with Crippen molar-refractivity contribution in [1.82, 2.24) is 0 Å². The second-order valence-corrected chi connectivity index (χ2v) is 3.84. The minimum Gasteiger partial charge on any atom is -0.496 e. The quantitative estimate of drug-likeness (QED) is 0.862. The van der Waals surface area contributed by atoms with Crippen LogP contribution in [0.15, 0.2) is 18.2 Å². The highest BCUT2D eigenvalue weighted by Gasteiger charge is 2.14. The van der Waals surface area contributed by atoms with Gasteiger partial charge in [-0.2, -0.15) is 0 Å². The van der Waals surface area contributed by atoms with Crippen molar-refractivity contribution in [1.29, 1.82) is 0 Å². The number of carboxylic acid groups (broad SMARTS) is 1. The normalized spacial score (nSPS) is 12.2. The van der Waals surface area contributed by atoms with E-state index in [2.05, 4.69) is 0 Å². The van der Waals surface area contributed by atoms with E-state index < -0.39 is 11.9 Å². The van der Waals surface area contributed by atoms with Gasteiger partial charge in [-0.3, -0.25) is 4.79 Å². The molecule has 0 aliphatic rings.